The van der Waals surface area contributed by atoms with Crippen LogP contribution >= 0.6 is 0 Å². The molecule has 0 aromatic carbocycles. The van der Waals surface area contributed by atoms with E-state index in [1.807, 2.05) is 20.8 Å². The van der Waals surface area contributed by atoms with Crippen LogP contribution in [0.2, 0.25) is 0 Å². The lowest BCUT2D eigenvalue weighted by atomic mass is 9.87. The van der Waals surface area contributed by atoms with E-state index in [-0.39, 0.29) is 11.2 Å². The van der Waals surface area contributed by atoms with Crippen LogP contribution in [-0.2, 0) is 4.79 Å². The van der Waals surface area contributed by atoms with Crippen LogP contribution in [-0.4, -0.2) is 11.5 Å². The lowest BCUT2D eigenvalue weighted by Gasteiger charge is -2.17. The fraction of sp³-hybridized carbons (Fsp3) is 0.400. The normalized spacial score (nSPS) is 16.5. The van der Waals surface area contributed by atoms with Crippen molar-refractivity contribution in [3.05, 3.63) is 24.4 Å². The molecule has 3 nitrogen and oxygen atoms in total. The molecule has 1 aliphatic rings. The molecule has 0 aromatic heterocycles. The minimum atomic E-state index is -0.385. The van der Waals surface area contributed by atoms with Gasteiger partial charge in [0.05, 0.1) is 0 Å². The van der Waals surface area contributed by atoms with Gasteiger partial charge in [0.25, 0.3) is 0 Å². The van der Waals surface area contributed by atoms with Gasteiger partial charge in [-0.05, 0) is 12.2 Å². The van der Waals surface area contributed by atoms with Crippen LogP contribution in [0, 0.1) is 5.41 Å². The Hall–Kier alpha value is -1.38. The highest BCUT2D eigenvalue weighted by atomic mass is 16.1. The minimum absolute atomic E-state index is 0.0313. The van der Waals surface area contributed by atoms with Crippen molar-refractivity contribution in [2.45, 2.75) is 20.8 Å². The molecule has 0 atom stereocenters. The molecule has 13 heavy (non-hydrogen) atoms. The van der Waals surface area contributed by atoms with Crippen LogP contribution in [0.5, 0.6) is 0 Å². The van der Waals surface area contributed by atoms with Gasteiger partial charge >= 0.3 is 0 Å². The van der Waals surface area contributed by atoms with E-state index in [9.17, 15) is 4.79 Å². The molecular formula is C10H14N2O. The van der Waals surface area contributed by atoms with Crippen molar-refractivity contribution in [3.8, 4) is 0 Å². The molecule has 0 bridgehead atoms. The first kappa shape index (κ1) is 9.71. The zero-order chi connectivity index (χ0) is 10.1. The van der Waals surface area contributed by atoms with Crippen molar-refractivity contribution in [1.82, 2.24) is 5.43 Å². The number of Topliss-reactive ketones (excluding diaryl/α,β-unsaturated/α-hetero) is 1. The first-order valence-electron chi connectivity index (χ1n) is 4.17. The van der Waals surface area contributed by atoms with Gasteiger partial charge in [-0.1, -0.05) is 27.4 Å². The summed E-state index contributed by atoms with van der Waals surface area (Å²) in [6.07, 6.45) is 3.43. The summed E-state index contributed by atoms with van der Waals surface area (Å²) in [7, 11) is 0. The molecule has 1 heterocycles. The topological polar surface area (TPSA) is 41.5 Å². The number of nitrogens with one attached hydrogen (secondary N) is 1. The predicted molar refractivity (Wildman–Crippen MR) is 53.3 cm³/mol. The second-order valence-corrected chi connectivity index (χ2v) is 4.05. The zero-order valence-electron chi connectivity index (χ0n) is 8.22. The number of carbonyl (C=O) groups is 1. The van der Waals surface area contributed by atoms with E-state index >= 15 is 0 Å². The summed E-state index contributed by atoms with van der Waals surface area (Å²) in [5, 5.41) is 3.91. The third-order valence-corrected chi connectivity index (χ3v) is 1.68. The van der Waals surface area contributed by atoms with Crippen molar-refractivity contribution in [3.63, 3.8) is 0 Å². The molecule has 0 saturated carbocycles. The van der Waals surface area contributed by atoms with Crippen molar-refractivity contribution >= 4 is 11.5 Å². The summed E-state index contributed by atoms with van der Waals surface area (Å²) < 4.78 is 0. The van der Waals surface area contributed by atoms with Gasteiger partial charge in [0.2, 0.25) is 0 Å². The molecule has 0 unspecified atom stereocenters. The van der Waals surface area contributed by atoms with Crippen molar-refractivity contribution in [2.75, 3.05) is 0 Å². The molecular weight excluding hydrogens is 164 g/mol. The Morgan fingerprint density at radius 1 is 1.46 bits per heavy atom. The maximum Gasteiger partial charge on any atom is 0.188 e. The molecule has 3 heteroatoms. The molecule has 0 fully saturated rings. The monoisotopic (exact) mass is 178 g/mol. The van der Waals surface area contributed by atoms with Crippen LogP contribution in [0.25, 0.3) is 0 Å². The number of ketones is 1. The van der Waals surface area contributed by atoms with Gasteiger partial charge in [0, 0.05) is 11.1 Å². The van der Waals surface area contributed by atoms with E-state index in [1.165, 1.54) is 0 Å². The second kappa shape index (κ2) is 3.17. The van der Waals surface area contributed by atoms with Crippen molar-refractivity contribution in [1.29, 1.82) is 0 Å². The van der Waals surface area contributed by atoms with Crippen LogP contribution in [0.3, 0.4) is 0 Å². The molecule has 0 saturated heterocycles. The van der Waals surface area contributed by atoms with Crippen LogP contribution in [0.4, 0.5) is 0 Å². The van der Waals surface area contributed by atoms with Gasteiger partial charge in [-0.2, -0.15) is 5.10 Å². The third-order valence-electron chi connectivity index (χ3n) is 1.68. The fourth-order valence-corrected chi connectivity index (χ4v) is 0.897. The summed E-state index contributed by atoms with van der Waals surface area (Å²) in [6.45, 7) is 9.26. The van der Waals surface area contributed by atoms with E-state index in [2.05, 4.69) is 17.1 Å². The van der Waals surface area contributed by atoms with Gasteiger partial charge in [-0.15, -0.1) is 0 Å². The summed E-state index contributed by atoms with van der Waals surface area (Å²) in [5.41, 5.74) is 3.44. The molecule has 70 valence electrons. The Labute approximate surface area is 78.2 Å². The molecule has 1 rings (SSSR count). The molecule has 0 aromatic rings. The van der Waals surface area contributed by atoms with Crippen molar-refractivity contribution < 1.29 is 4.79 Å². The average Bonchev–Trinajstić information content (AvgIpc) is 2.03. The summed E-state index contributed by atoms with van der Waals surface area (Å²) in [4.78, 5) is 11.7. The van der Waals surface area contributed by atoms with Crippen LogP contribution < -0.4 is 5.43 Å². The maximum atomic E-state index is 11.7. The van der Waals surface area contributed by atoms with Crippen LogP contribution in [0.15, 0.2) is 29.5 Å². The van der Waals surface area contributed by atoms with E-state index in [0.29, 0.717) is 11.4 Å². The van der Waals surface area contributed by atoms with Crippen LogP contribution in [0.1, 0.15) is 20.8 Å². The number of carbonyl (C=O) groups excluding carboxylic acids is 1. The molecule has 0 amide bonds. The smallest absolute Gasteiger partial charge is 0.188 e. The molecule has 0 spiro atoms. The molecule has 1 N–H and O–H groups in total. The fourth-order valence-electron chi connectivity index (χ4n) is 0.897. The summed E-state index contributed by atoms with van der Waals surface area (Å²) >= 11 is 0. The molecule has 1 aliphatic heterocycles. The predicted octanol–water partition coefficient (Wildman–Crippen LogP) is 1.63. The lowest BCUT2D eigenvalue weighted by molar-refractivity contribution is -0.119. The van der Waals surface area contributed by atoms with Gasteiger partial charge in [0.1, 0.15) is 5.71 Å². The SMILES string of the molecule is C=C1C=CC(C(=O)C(C)(C)C)=NN1. The van der Waals surface area contributed by atoms with Gasteiger partial charge in [0.15, 0.2) is 5.78 Å². The highest BCUT2D eigenvalue weighted by Gasteiger charge is 2.25. The average molecular weight is 178 g/mol. The Balaban J connectivity index is 2.82. The quantitative estimate of drug-likeness (QED) is 0.663. The van der Waals surface area contributed by atoms with Gasteiger partial charge < -0.3 is 0 Å². The number of hydrogen-bond acceptors (Lipinski definition) is 3. The largest absolute Gasteiger partial charge is 0.292 e. The highest BCUT2D eigenvalue weighted by Crippen LogP contribution is 2.16. The van der Waals surface area contributed by atoms with Crippen molar-refractivity contribution in [2.24, 2.45) is 10.5 Å². The standard InChI is InChI=1S/C10H14N2O/c1-7-5-6-8(12-11-7)9(13)10(2,3)4/h5-6,11H,1H2,2-4H3. The second-order valence-electron chi connectivity index (χ2n) is 4.05. The zero-order valence-corrected chi connectivity index (χ0v) is 8.22. The minimum Gasteiger partial charge on any atom is -0.292 e. The lowest BCUT2D eigenvalue weighted by Crippen LogP contribution is -2.30. The number of rotatable bonds is 1. The van der Waals surface area contributed by atoms with E-state index in [4.69, 9.17) is 0 Å². The van der Waals surface area contributed by atoms with Gasteiger partial charge in [-0.25, -0.2) is 0 Å². The molecule has 0 radical (unpaired) electrons. The Kier molecular flexibility index (Phi) is 2.36. The van der Waals surface area contributed by atoms with E-state index in [0.717, 1.165) is 0 Å². The first-order valence-corrected chi connectivity index (χ1v) is 4.17. The summed E-state index contributed by atoms with van der Waals surface area (Å²) in [5.74, 6) is 0.0313. The van der Waals surface area contributed by atoms with E-state index in [1.54, 1.807) is 12.2 Å². The maximum absolute atomic E-state index is 11.7. The highest BCUT2D eigenvalue weighted by molar-refractivity contribution is 6.45. The first-order chi connectivity index (χ1) is 5.91. The van der Waals surface area contributed by atoms with Gasteiger partial charge in [-0.3, -0.25) is 10.2 Å². The number of allylic oxidation sites excluding steroid dienone is 2. The number of nitrogens with zero attached hydrogens (tertiary/aromatic N) is 1. The Bertz CT molecular complexity index is 305. The number of hydrazone groups is 1. The van der Waals surface area contributed by atoms with E-state index < -0.39 is 0 Å². The Morgan fingerprint density at radius 3 is 2.46 bits per heavy atom. The molecule has 0 aliphatic carbocycles. The number of hydrogen-bond donors (Lipinski definition) is 1. The summed E-state index contributed by atoms with van der Waals surface area (Å²) in [6, 6.07) is 0. The third kappa shape index (κ3) is 2.28. The Morgan fingerprint density at radius 2 is 2.08 bits per heavy atom.